The molecule has 23 heavy (non-hydrogen) atoms. The maximum Gasteiger partial charge on any atom is 0.573 e. The van der Waals surface area contributed by atoms with Crippen molar-refractivity contribution < 1.29 is 27.1 Å². The van der Waals surface area contributed by atoms with E-state index in [0.29, 0.717) is 11.4 Å². The molecular weight excluding hydrogens is 313 g/mol. The molecule has 1 heterocycles. The van der Waals surface area contributed by atoms with E-state index >= 15 is 0 Å². The lowest BCUT2D eigenvalue weighted by molar-refractivity contribution is -0.274. The van der Waals surface area contributed by atoms with Crippen LogP contribution in [0.2, 0.25) is 0 Å². The molecule has 0 spiro atoms. The lowest BCUT2D eigenvalue weighted by Crippen LogP contribution is -2.29. The number of anilines is 1. The predicted octanol–water partition coefficient (Wildman–Crippen LogP) is 3.47. The van der Waals surface area contributed by atoms with Gasteiger partial charge in [-0.1, -0.05) is 0 Å². The molecule has 0 aliphatic carbocycles. The summed E-state index contributed by atoms with van der Waals surface area (Å²) in [4.78, 5) is 11.8. The van der Waals surface area contributed by atoms with Crippen LogP contribution in [0.25, 0.3) is 0 Å². The van der Waals surface area contributed by atoms with Crippen molar-refractivity contribution in [1.82, 2.24) is 5.32 Å². The number of furan rings is 1. The molecule has 0 bridgehead atoms. The number of halogens is 3. The van der Waals surface area contributed by atoms with Crippen molar-refractivity contribution in [2.75, 3.05) is 11.9 Å². The van der Waals surface area contributed by atoms with Crippen LogP contribution in [0.15, 0.2) is 47.1 Å². The zero-order chi connectivity index (χ0) is 16.9. The molecule has 2 aromatic rings. The number of benzene rings is 1. The van der Waals surface area contributed by atoms with Gasteiger partial charge in [0.25, 0.3) is 0 Å². The summed E-state index contributed by atoms with van der Waals surface area (Å²) in [6.07, 6.45) is -3.20. The first-order chi connectivity index (χ1) is 10.8. The van der Waals surface area contributed by atoms with Gasteiger partial charge in [-0.25, -0.2) is 0 Å². The third-order valence-electron chi connectivity index (χ3n) is 2.91. The Kier molecular flexibility index (Phi) is 5.28. The van der Waals surface area contributed by atoms with Crippen LogP contribution in [0.1, 0.15) is 18.7 Å². The number of amides is 1. The minimum atomic E-state index is -4.74. The van der Waals surface area contributed by atoms with E-state index in [1.807, 2.05) is 6.92 Å². The summed E-state index contributed by atoms with van der Waals surface area (Å²) in [7, 11) is 0. The number of hydrogen-bond donors (Lipinski definition) is 2. The Balaban J connectivity index is 1.81. The Bertz CT molecular complexity index is 624. The van der Waals surface area contributed by atoms with E-state index in [4.69, 9.17) is 4.42 Å². The topological polar surface area (TPSA) is 63.5 Å². The number of alkyl halides is 3. The van der Waals surface area contributed by atoms with Crippen LogP contribution < -0.4 is 15.4 Å². The fraction of sp³-hybridized carbons (Fsp3) is 0.267. The van der Waals surface area contributed by atoms with Crippen LogP contribution in [0.4, 0.5) is 18.9 Å². The monoisotopic (exact) mass is 328 g/mol. The van der Waals surface area contributed by atoms with E-state index in [1.165, 1.54) is 18.4 Å². The van der Waals surface area contributed by atoms with Crippen molar-refractivity contribution >= 4 is 11.6 Å². The molecule has 0 aliphatic rings. The van der Waals surface area contributed by atoms with E-state index in [0.717, 1.165) is 12.1 Å². The van der Waals surface area contributed by atoms with Crippen LogP contribution in [0.5, 0.6) is 5.75 Å². The second-order valence-electron chi connectivity index (χ2n) is 4.74. The quantitative estimate of drug-likeness (QED) is 0.852. The first kappa shape index (κ1) is 16.9. The van der Waals surface area contributed by atoms with Gasteiger partial charge >= 0.3 is 6.36 Å². The molecule has 0 aliphatic heterocycles. The number of ether oxygens (including phenoxy) is 1. The summed E-state index contributed by atoms with van der Waals surface area (Å²) in [5.41, 5.74) is 0.372. The Labute approximate surface area is 130 Å². The number of hydrogen-bond acceptors (Lipinski definition) is 4. The molecule has 124 valence electrons. The van der Waals surface area contributed by atoms with Crippen LogP contribution in [0.3, 0.4) is 0 Å². The number of nitrogens with one attached hydrogen (secondary N) is 2. The second kappa shape index (κ2) is 7.19. The zero-order valence-electron chi connectivity index (χ0n) is 12.2. The predicted molar refractivity (Wildman–Crippen MR) is 76.9 cm³/mol. The average Bonchev–Trinajstić information content (AvgIpc) is 2.99. The molecule has 0 saturated carbocycles. The molecule has 1 atom stereocenters. The van der Waals surface area contributed by atoms with Crippen LogP contribution >= 0.6 is 0 Å². The second-order valence-corrected chi connectivity index (χ2v) is 4.74. The van der Waals surface area contributed by atoms with Crippen molar-refractivity contribution in [3.05, 3.63) is 48.4 Å². The Morgan fingerprint density at radius 1 is 1.26 bits per heavy atom. The third kappa shape index (κ3) is 5.67. The molecule has 5 nitrogen and oxygen atoms in total. The van der Waals surface area contributed by atoms with Gasteiger partial charge in [-0.15, -0.1) is 13.2 Å². The van der Waals surface area contributed by atoms with Crippen LogP contribution in [-0.2, 0) is 4.79 Å². The first-order valence-corrected chi connectivity index (χ1v) is 6.76. The highest BCUT2D eigenvalue weighted by atomic mass is 19.4. The lowest BCUT2D eigenvalue weighted by atomic mass is 10.2. The third-order valence-corrected chi connectivity index (χ3v) is 2.91. The van der Waals surface area contributed by atoms with Crippen molar-refractivity contribution in [1.29, 1.82) is 0 Å². The summed E-state index contributed by atoms with van der Waals surface area (Å²) < 4.78 is 45.1. The molecular formula is C15H15F3N2O3. The molecule has 1 aromatic carbocycles. The van der Waals surface area contributed by atoms with Crippen molar-refractivity contribution in [3.63, 3.8) is 0 Å². The van der Waals surface area contributed by atoms with Gasteiger partial charge < -0.3 is 14.5 Å². The summed E-state index contributed by atoms with van der Waals surface area (Å²) in [5.74, 6) is 0.0272. The number of carbonyl (C=O) groups is 1. The van der Waals surface area contributed by atoms with Crippen molar-refractivity contribution in [2.24, 2.45) is 0 Å². The van der Waals surface area contributed by atoms with Crippen molar-refractivity contribution in [3.8, 4) is 5.75 Å². The molecule has 1 amide bonds. The maximum absolute atomic E-state index is 12.0. The normalized spacial score (nSPS) is 12.7. The molecule has 0 saturated heterocycles. The molecule has 8 heteroatoms. The fourth-order valence-corrected chi connectivity index (χ4v) is 1.83. The Hall–Kier alpha value is -2.48. The van der Waals surface area contributed by atoms with E-state index in [2.05, 4.69) is 15.4 Å². The summed E-state index contributed by atoms with van der Waals surface area (Å²) in [5, 5.41) is 5.53. The molecule has 0 unspecified atom stereocenters. The Morgan fingerprint density at radius 3 is 2.52 bits per heavy atom. The SMILES string of the molecule is C[C@H](NCC(=O)Nc1ccc(OC(F)(F)F)cc1)c1ccco1. The summed E-state index contributed by atoms with van der Waals surface area (Å²) in [6, 6.07) is 8.30. The maximum atomic E-state index is 12.0. The van der Waals surface area contributed by atoms with Gasteiger partial charge in [-0.3, -0.25) is 10.1 Å². The lowest BCUT2D eigenvalue weighted by Gasteiger charge is -2.12. The minimum Gasteiger partial charge on any atom is -0.468 e. The highest BCUT2D eigenvalue weighted by molar-refractivity contribution is 5.92. The van der Waals surface area contributed by atoms with Crippen molar-refractivity contribution in [2.45, 2.75) is 19.3 Å². The van der Waals surface area contributed by atoms with Gasteiger partial charge in [0, 0.05) is 5.69 Å². The van der Waals surface area contributed by atoms with Gasteiger partial charge in [-0.05, 0) is 43.3 Å². The van der Waals surface area contributed by atoms with Crippen LogP contribution in [-0.4, -0.2) is 18.8 Å². The van der Waals surface area contributed by atoms with Crippen LogP contribution in [0, 0.1) is 0 Å². The standard InChI is InChI=1S/C15H15F3N2O3/c1-10(13-3-2-8-22-13)19-9-14(21)20-11-4-6-12(7-5-11)23-15(16,17)18/h2-8,10,19H,9H2,1H3,(H,20,21)/t10-/m0/s1. The average molecular weight is 328 g/mol. The van der Waals surface area contributed by atoms with Gasteiger partial charge in [0.05, 0.1) is 18.8 Å². The zero-order valence-corrected chi connectivity index (χ0v) is 12.2. The summed E-state index contributed by atoms with van der Waals surface area (Å²) >= 11 is 0. The fourth-order valence-electron chi connectivity index (χ4n) is 1.83. The first-order valence-electron chi connectivity index (χ1n) is 6.76. The Morgan fingerprint density at radius 2 is 1.96 bits per heavy atom. The number of rotatable bonds is 6. The van der Waals surface area contributed by atoms with Gasteiger partial charge in [-0.2, -0.15) is 0 Å². The highest BCUT2D eigenvalue weighted by Crippen LogP contribution is 2.23. The van der Waals surface area contributed by atoms with E-state index < -0.39 is 6.36 Å². The largest absolute Gasteiger partial charge is 0.573 e. The van der Waals surface area contributed by atoms with Gasteiger partial charge in [0.15, 0.2) is 0 Å². The van der Waals surface area contributed by atoms with E-state index in [1.54, 1.807) is 12.1 Å². The molecule has 2 rings (SSSR count). The highest BCUT2D eigenvalue weighted by Gasteiger charge is 2.30. The minimum absolute atomic E-state index is 0.0304. The molecule has 1 aromatic heterocycles. The van der Waals surface area contributed by atoms with E-state index in [-0.39, 0.29) is 24.2 Å². The molecule has 0 radical (unpaired) electrons. The molecule has 2 N–H and O–H groups in total. The van der Waals surface area contributed by atoms with Gasteiger partial charge in [0.1, 0.15) is 11.5 Å². The number of carbonyl (C=O) groups excluding carboxylic acids is 1. The van der Waals surface area contributed by atoms with E-state index in [9.17, 15) is 18.0 Å². The smallest absolute Gasteiger partial charge is 0.468 e. The summed E-state index contributed by atoms with van der Waals surface area (Å²) in [6.45, 7) is 1.87. The van der Waals surface area contributed by atoms with Gasteiger partial charge in [0.2, 0.25) is 5.91 Å². The molecule has 0 fully saturated rings.